The number of carbonyl (C=O) groups is 1. The van der Waals surface area contributed by atoms with E-state index in [4.69, 9.17) is 11.6 Å². The smallest absolute Gasteiger partial charge is 0.234 e. The topological polar surface area (TPSA) is 59.8 Å². The van der Waals surface area contributed by atoms with Gasteiger partial charge in [-0.05, 0) is 48.2 Å². The second-order valence-electron chi connectivity index (χ2n) is 9.27. The summed E-state index contributed by atoms with van der Waals surface area (Å²) in [6, 6.07) is 20.5. The van der Waals surface area contributed by atoms with Gasteiger partial charge in [-0.2, -0.15) is 0 Å². The summed E-state index contributed by atoms with van der Waals surface area (Å²) in [5.41, 5.74) is 4.69. The van der Waals surface area contributed by atoms with Crippen molar-refractivity contribution < 1.29 is 9.18 Å². The second kappa shape index (κ2) is 10.2. The minimum atomic E-state index is -0.534. The minimum Gasteiger partial charge on any atom is -0.325 e. The molecular formula is C27H26ClFN4OS. The third-order valence-corrected chi connectivity index (χ3v) is 6.69. The molecule has 3 aromatic carbocycles. The Hall–Kier alpha value is -3.16. The first kappa shape index (κ1) is 24.9. The number of aromatic nitrogens is 3. The first-order valence-corrected chi connectivity index (χ1v) is 12.5. The van der Waals surface area contributed by atoms with E-state index >= 15 is 0 Å². The summed E-state index contributed by atoms with van der Waals surface area (Å²) in [6.45, 7) is 8.56. The monoisotopic (exact) mass is 508 g/mol. The summed E-state index contributed by atoms with van der Waals surface area (Å²) in [5.74, 6) is 0.00476. The molecule has 0 fully saturated rings. The number of benzene rings is 3. The van der Waals surface area contributed by atoms with Crippen LogP contribution < -0.4 is 5.32 Å². The maximum Gasteiger partial charge on any atom is 0.234 e. The first-order valence-electron chi connectivity index (χ1n) is 11.1. The Morgan fingerprint density at radius 2 is 1.71 bits per heavy atom. The normalized spacial score (nSPS) is 11.5. The van der Waals surface area contributed by atoms with E-state index in [0.717, 1.165) is 16.8 Å². The third kappa shape index (κ3) is 5.92. The average molecular weight is 509 g/mol. The van der Waals surface area contributed by atoms with Gasteiger partial charge in [0.05, 0.1) is 10.8 Å². The van der Waals surface area contributed by atoms with Crippen molar-refractivity contribution in [2.45, 2.75) is 38.3 Å². The molecule has 1 amide bonds. The first-order chi connectivity index (χ1) is 16.6. The van der Waals surface area contributed by atoms with Crippen molar-refractivity contribution >= 4 is 35.0 Å². The van der Waals surface area contributed by atoms with Crippen LogP contribution in [0, 0.1) is 12.7 Å². The van der Waals surface area contributed by atoms with Crippen molar-refractivity contribution in [3.63, 3.8) is 0 Å². The van der Waals surface area contributed by atoms with Crippen molar-refractivity contribution in [2.75, 3.05) is 11.1 Å². The number of hydrogen-bond donors (Lipinski definition) is 1. The van der Waals surface area contributed by atoms with Crippen LogP contribution in [0.3, 0.4) is 0 Å². The zero-order valence-electron chi connectivity index (χ0n) is 20.0. The van der Waals surface area contributed by atoms with E-state index in [9.17, 15) is 9.18 Å². The van der Waals surface area contributed by atoms with E-state index in [1.54, 1.807) is 0 Å². The number of anilines is 1. The van der Waals surface area contributed by atoms with Crippen LogP contribution >= 0.6 is 23.4 Å². The Morgan fingerprint density at radius 3 is 2.34 bits per heavy atom. The number of halogens is 2. The number of aryl methyl sites for hydroxylation is 1. The van der Waals surface area contributed by atoms with Crippen LogP contribution in [0.2, 0.25) is 5.02 Å². The van der Waals surface area contributed by atoms with E-state index in [2.05, 4.69) is 60.6 Å². The van der Waals surface area contributed by atoms with Gasteiger partial charge >= 0.3 is 0 Å². The molecule has 0 spiro atoms. The Morgan fingerprint density at radius 1 is 1.03 bits per heavy atom. The summed E-state index contributed by atoms with van der Waals surface area (Å²) in [4.78, 5) is 12.6. The summed E-state index contributed by atoms with van der Waals surface area (Å²) in [7, 11) is 0. The molecular weight excluding hydrogens is 483 g/mol. The van der Waals surface area contributed by atoms with E-state index < -0.39 is 5.82 Å². The standard InChI is InChI=1S/C27H26ClFN4OS/c1-17-5-12-21(13-6-17)33-25(18-7-9-19(10-8-18)27(2,3)4)31-32-26(33)35-16-24(34)30-20-11-14-23(29)22(28)15-20/h5-15H,16H2,1-4H3,(H,30,34). The third-order valence-electron chi connectivity index (χ3n) is 5.47. The highest BCUT2D eigenvalue weighted by atomic mass is 35.5. The van der Waals surface area contributed by atoms with Gasteiger partial charge in [0.1, 0.15) is 5.82 Å². The SMILES string of the molecule is Cc1ccc(-n2c(SCC(=O)Nc3ccc(F)c(Cl)c3)nnc2-c2ccc(C(C)(C)C)cc2)cc1. The predicted octanol–water partition coefficient (Wildman–Crippen LogP) is 7.06. The quantitative estimate of drug-likeness (QED) is 0.283. The number of rotatable bonds is 6. The van der Waals surface area contributed by atoms with Gasteiger partial charge in [-0.15, -0.1) is 10.2 Å². The van der Waals surface area contributed by atoms with Gasteiger partial charge in [-0.3, -0.25) is 9.36 Å². The Balaban J connectivity index is 1.60. The maximum absolute atomic E-state index is 13.4. The number of hydrogen-bond acceptors (Lipinski definition) is 4. The van der Waals surface area contributed by atoms with Crippen molar-refractivity contribution in [1.82, 2.24) is 14.8 Å². The molecule has 180 valence electrons. The number of amides is 1. The van der Waals surface area contributed by atoms with E-state index in [1.807, 2.05) is 35.8 Å². The summed E-state index contributed by atoms with van der Waals surface area (Å²) in [6.07, 6.45) is 0. The van der Waals surface area contributed by atoms with Crippen molar-refractivity contribution in [3.05, 3.63) is 88.7 Å². The van der Waals surface area contributed by atoms with Gasteiger partial charge in [-0.25, -0.2) is 4.39 Å². The van der Waals surface area contributed by atoms with E-state index in [1.165, 1.54) is 35.5 Å². The molecule has 0 saturated heterocycles. The van der Waals surface area contributed by atoms with Crippen LogP contribution in [0.1, 0.15) is 31.9 Å². The molecule has 0 bridgehead atoms. The molecule has 0 aliphatic heterocycles. The summed E-state index contributed by atoms with van der Waals surface area (Å²) < 4.78 is 15.3. The van der Waals surface area contributed by atoms with Gasteiger partial charge in [0.25, 0.3) is 0 Å². The summed E-state index contributed by atoms with van der Waals surface area (Å²) >= 11 is 7.09. The number of nitrogens with zero attached hydrogens (tertiary/aromatic N) is 3. The molecule has 0 atom stereocenters. The number of thioether (sulfide) groups is 1. The van der Waals surface area contributed by atoms with Gasteiger partial charge in [0.15, 0.2) is 11.0 Å². The van der Waals surface area contributed by atoms with Crippen LogP contribution in [0.4, 0.5) is 10.1 Å². The van der Waals surface area contributed by atoms with E-state index in [0.29, 0.717) is 16.7 Å². The molecule has 0 unspecified atom stereocenters. The van der Waals surface area contributed by atoms with Gasteiger partial charge in [0.2, 0.25) is 5.91 Å². The lowest BCUT2D eigenvalue weighted by Crippen LogP contribution is -2.14. The fourth-order valence-electron chi connectivity index (χ4n) is 3.50. The lowest BCUT2D eigenvalue weighted by molar-refractivity contribution is -0.113. The van der Waals surface area contributed by atoms with Crippen LogP contribution in [0.5, 0.6) is 0 Å². The van der Waals surface area contributed by atoms with E-state index in [-0.39, 0.29) is 22.1 Å². The van der Waals surface area contributed by atoms with Crippen LogP contribution in [-0.2, 0) is 10.2 Å². The molecule has 0 saturated carbocycles. The highest BCUT2D eigenvalue weighted by Gasteiger charge is 2.19. The molecule has 5 nitrogen and oxygen atoms in total. The predicted molar refractivity (Wildman–Crippen MR) is 141 cm³/mol. The summed E-state index contributed by atoms with van der Waals surface area (Å²) in [5, 5.41) is 12.1. The van der Waals surface area contributed by atoms with Crippen LogP contribution in [0.25, 0.3) is 17.1 Å². The van der Waals surface area contributed by atoms with Crippen LogP contribution in [-0.4, -0.2) is 26.4 Å². The van der Waals surface area contributed by atoms with Crippen molar-refractivity contribution in [1.29, 1.82) is 0 Å². The fourth-order valence-corrected chi connectivity index (χ4v) is 4.43. The van der Waals surface area contributed by atoms with Gasteiger partial charge < -0.3 is 5.32 Å². The molecule has 0 radical (unpaired) electrons. The lowest BCUT2D eigenvalue weighted by Gasteiger charge is -2.19. The highest BCUT2D eigenvalue weighted by molar-refractivity contribution is 7.99. The molecule has 4 aromatic rings. The molecule has 1 heterocycles. The highest BCUT2D eigenvalue weighted by Crippen LogP contribution is 2.30. The maximum atomic E-state index is 13.4. The second-order valence-corrected chi connectivity index (χ2v) is 10.6. The molecule has 35 heavy (non-hydrogen) atoms. The Labute approximate surface area is 213 Å². The molecule has 8 heteroatoms. The lowest BCUT2D eigenvalue weighted by atomic mass is 9.87. The Bertz CT molecular complexity index is 1350. The fraction of sp³-hybridized carbons (Fsp3) is 0.222. The van der Waals surface area contributed by atoms with Gasteiger partial charge in [-0.1, -0.05) is 86.1 Å². The molecule has 0 aliphatic carbocycles. The zero-order valence-corrected chi connectivity index (χ0v) is 21.5. The minimum absolute atomic E-state index is 0.0447. The van der Waals surface area contributed by atoms with Gasteiger partial charge in [0, 0.05) is 16.9 Å². The molecule has 4 rings (SSSR count). The zero-order chi connectivity index (χ0) is 25.2. The largest absolute Gasteiger partial charge is 0.325 e. The molecule has 1 N–H and O–H groups in total. The van der Waals surface area contributed by atoms with Crippen molar-refractivity contribution in [2.24, 2.45) is 0 Å². The number of carbonyl (C=O) groups excluding carboxylic acids is 1. The number of nitrogens with one attached hydrogen (secondary N) is 1. The Kier molecular flexibility index (Phi) is 7.28. The molecule has 1 aromatic heterocycles. The average Bonchev–Trinajstić information content (AvgIpc) is 3.24. The van der Waals surface area contributed by atoms with Crippen molar-refractivity contribution in [3.8, 4) is 17.1 Å². The van der Waals surface area contributed by atoms with Crippen LogP contribution in [0.15, 0.2) is 71.9 Å². The molecule has 0 aliphatic rings.